The molecule has 1 saturated heterocycles. The molecular formula is C27H33N5OS. The number of nitrogens with zero attached hydrogens (tertiary/aromatic N) is 4. The summed E-state index contributed by atoms with van der Waals surface area (Å²) in [6.07, 6.45) is 6.28. The van der Waals surface area contributed by atoms with E-state index in [1.165, 1.54) is 56.6 Å². The van der Waals surface area contributed by atoms with E-state index < -0.39 is 0 Å². The fourth-order valence-electron chi connectivity index (χ4n) is 6.64. The number of aromatic nitrogens is 4. The van der Waals surface area contributed by atoms with Crippen LogP contribution in [0.2, 0.25) is 0 Å². The van der Waals surface area contributed by atoms with Crippen molar-refractivity contribution in [3.05, 3.63) is 39.7 Å². The number of ketones is 1. The number of nitrogens with one attached hydrogen (secondary N) is 1. The van der Waals surface area contributed by atoms with E-state index in [1.54, 1.807) is 18.1 Å². The molecule has 7 heteroatoms. The van der Waals surface area contributed by atoms with Crippen LogP contribution < -0.4 is 0 Å². The molecule has 0 atom stereocenters. The Morgan fingerprint density at radius 3 is 2.62 bits per heavy atom. The van der Waals surface area contributed by atoms with Gasteiger partial charge in [0.05, 0.1) is 12.2 Å². The minimum atomic E-state index is 0.277. The fraction of sp³-hybridized carbons (Fsp3) is 0.519. The average molecular weight is 476 g/mol. The molecule has 34 heavy (non-hydrogen) atoms. The van der Waals surface area contributed by atoms with Gasteiger partial charge in [-0.05, 0) is 80.0 Å². The van der Waals surface area contributed by atoms with E-state index in [-0.39, 0.29) is 5.78 Å². The highest BCUT2D eigenvalue weighted by Crippen LogP contribution is 2.58. The van der Waals surface area contributed by atoms with E-state index in [0.29, 0.717) is 23.8 Å². The van der Waals surface area contributed by atoms with Crippen LogP contribution in [0.25, 0.3) is 27.1 Å². The Balaban J connectivity index is 1.35. The van der Waals surface area contributed by atoms with E-state index in [4.69, 9.17) is 0 Å². The minimum Gasteiger partial charge on any atom is -0.346 e. The molecule has 0 amide bonds. The monoisotopic (exact) mass is 475 g/mol. The number of rotatable bonds is 5. The molecule has 6 nitrogen and oxygen atoms in total. The molecule has 1 spiro atoms. The molecule has 0 radical (unpaired) electrons. The summed E-state index contributed by atoms with van der Waals surface area (Å²) in [5.41, 5.74) is 9.15. The first-order chi connectivity index (χ1) is 16.2. The number of hydrogen-bond acceptors (Lipinski definition) is 5. The lowest BCUT2D eigenvalue weighted by Gasteiger charge is -2.59. The van der Waals surface area contributed by atoms with Crippen molar-refractivity contribution in [2.24, 2.45) is 5.41 Å². The Bertz CT molecular complexity index is 1440. The third kappa shape index (κ3) is 3.13. The highest BCUT2D eigenvalue weighted by molar-refractivity contribution is 7.19. The summed E-state index contributed by atoms with van der Waals surface area (Å²) in [7, 11) is 0. The summed E-state index contributed by atoms with van der Waals surface area (Å²) in [5, 5.41) is 5.84. The van der Waals surface area contributed by atoms with Crippen LogP contribution in [0.1, 0.15) is 72.6 Å². The third-order valence-corrected chi connectivity index (χ3v) is 9.60. The first-order valence-corrected chi connectivity index (χ1v) is 13.2. The number of likely N-dealkylation sites (tertiary alicyclic amines) is 1. The van der Waals surface area contributed by atoms with Crippen LogP contribution in [0.5, 0.6) is 0 Å². The van der Waals surface area contributed by atoms with Crippen LogP contribution >= 0.6 is 11.3 Å². The largest absolute Gasteiger partial charge is 0.346 e. The maximum atomic E-state index is 11.4. The van der Waals surface area contributed by atoms with Gasteiger partial charge in [0.1, 0.15) is 16.9 Å². The number of fused-ring (bicyclic) bond motifs is 2. The number of thiophene rings is 1. The quantitative estimate of drug-likeness (QED) is 0.399. The molecule has 1 N–H and O–H groups in total. The molecular weight excluding hydrogens is 442 g/mol. The van der Waals surface area contributed by atoms with Crippen LogP contribution in [0.3, 0.4) is 0 Å². The van der Waals surface area contributed by atoms with Gasteiger partial charge in [0, 0.05) is 35.1 Å². The molecule has 178 valence electrons. The lowest BCUT2D eigenvalue weighted by Crippen LogP contribution is -2.62. The Morgan fingerprint density at radius 2 is 1.94 bits per heavy atom. The lowest BCUT2D eigenvalue weighted by molar-refractivity contribution is -0.125. The predicted octanol–water partition coefficient (Wildman–Crippen LogP) is 5.76. The van der Waals surface area contributed by atoms with Crippen molar-refractivity contribution in [2.75, 3.05) is 19.6 Å². The molecule has 0 unspecified atom stereocenters. The maximum absolute atomic E-state index is 11.4. The van der Waals surface area contributed by atoms with Gasteiger partial charge in [0.25, 0.3) is 0 Å². The summed E-state index contributed by atoms with van der Waals surface area (Å²) in [6.45, 7) is 15.8. The second-order valence-corrected chi connectivity index (χ2v) is 12.2. The van der Waals surface area contributed by atoms with E-state index in [9.17, 15) is 4.79 Å². The Morgan fingerprint density at radius 1 is 1.21 bits per heavy atom. The number of carbonyl (C=O) groups excluding carboxylic acids is 1. The van der Waals surface area contributed by atoms with Gasteiger partial charge < -0.3 is 4.98 Å². The van der Waals surface area contributed by atoms with Crippen molar-refractivity contribution in [3.63, 3.8) is 0 Å². The molecule has 1 aliphatic carbocycles. The van der Waals surface area contributed by atoms with Gasteiger partial charge in [0.15, 0.2) is 5.65 Å². The van der Waals surface area contributed by atoms with E-state index in [2.05, 4.69) is 60.8 Å². The molecule has 1 saturated carbocycles. The van der Waals surface area contributed by atoms with Gasteiger partial charge in [-0.3, -0.25) is 9.69 Å². The predicted molar refractivity (Wildman–Crippen MR) is 138 cm³/mol. The topological polar surface area (TPSA) is 66.3 Å². The van der Waals surface area contributed by atoms with E-state index in [0.717, 1.165) is 18.7 Å². The van der Waals surface area contributed by atoms with Crippen LogP contribution in [-0.4, -0.2) is 49.9 Å². The summed E-state index contributed by atoms with van der Waals surface area (Å²) in [6, 6.07) is 0. The molecule has 0 bridgehead atoms. The molecule has 2 fully saturated rings. The Labute approximate surface area is 204 Å². The normalized spacial score (nSPS) is 18.3. The van der Waals surface area contributed by atoms with E-state index >= 15 is 0 Å². The number of H-pyrrole nitrogens is 1. The van der Waals surface area contributed by atoms with Crippen LogP contribution in [0.15, 0.2) is 12.5 Å². The Hall–Kier alpha value is -2.51. The fourth-order valence-corrected chi connectivity index (χ4v) is 7.97. The third-order valence-electron chi connectivity index (χ3n) is 8.23. The van der Waals surface area contributed by atoms with Crippen molar-refractivity contribution >= 4 is 33.0 Å². The van der Waals surface area contributed by atoms with Crippen molar-refractivity contribution < 1.29 is 4.79 Å². The standard InChI is InChI=1S/C27H33N5OS/c1-14(2)21-22-18(6)24(19-7-27(8-19)11-31(12-27)9-15(3)33)34-26(22)30-23(21)20-10-32-25(28-13-29-32)17(5)16(20)4/h10,13-14,19,30H,7-9,11-12H2,1-6H3. The van der Waals surface area contributed by atoms with Gasteiger partial charge in [-0.2, -0.15) is 5.10 Å². The first-order valence-electron chi connectivity index (χ1n) is 12.3. The van der Waals surface area contributed by atoms with Gasteiger partial charge in [-0.1, -0.05) is 13.8 Å². The summed E-state index contributed by atoms with van der Waals surface area (Å²) in [5.74, 6) is 1.35. The SMILES string of the molecule is CC(=O)CN1CC2(CC(c3sc4[nH]c(-c5cn6ncnc6c(C)c5C)c(C(C)C)c4c3C)C2)C1. The van der Waals surface area contributed by atoms with Crippen molar-refractivity contribution in [1.29, 1.82) is 0 Å². The average Bonchev–Trinajstić information content (AvgIpc) is 3.40. The van der Waals surface area contributed by atoms with E-state index in [1.807, 2.05) is 15.9 Å². The summed E-state index contributed by atoms with van der Waals surface area (Å²) in [4.78, 5) is 24.9. The zero-order valence-electron chi connectivity index (χ0n) is 21.0. The molecule has 0 aromatic carbocycles. The molecule has 5 heterocycles. The smallest absolute Gasteiger partial charge is 0.158 e. The van der Waals surface area contributed by atoms with Crippen LogP contribution in [0.4, 0.5) is 0 Å². The van der Waals surface area contributed by atoms with Crippen LogP contribution in [-0.2, 0) is 4.79 Å². The number of pyridine rings is 1. The molecule has 6 rings (SSSR count). The maximum Gasteiger partial charge on any atom is 0.158 e. The molecule has 1 aliphatic heterocycles. The van der Waals surface area contributed by atoms with Gasteiger partial charge in [-0.25, -0.2) is 9.50 Å². The van der Waals surface area contributed by atoms with Crippen molar-refractivity contribution in [2.45, 2.75) is 66.2 Å². The van der Waals surface area contributed by atoms with Crippen molar-refractivity contribution in [3.8, 4) is 11.3 Å². The number of aryl methyl sites for hydroxylation is 2. The van der Waals surface area contributed by atoms with Gasteiger partial charge in [-0.15, -0.1) is 11.3 Å². The van der Waals surface area contributed by atoms with Crippen LogP contribution in [0, 0.1) is 26.2 Å². The first kappa shape index (κ1) is 22.0. The molecule has 4 aromatic rings. The van der Waals surface area contributed by atoms with Gasteiger partial charge in [0.2, 0.25) is 0 Å². The summed E-state index contributed by atoms with van der Waals surface area (Å²) >= 11 is 1.96. The second kappa shape index (κ2) is 7.49. The summed E-state index contributed by atoms with van der Waals surface area (Å²) < 4.78 is 1.90. The van der Waals surface area contributed by atoms with Gasteiger partial charge >= 0.3 is 0 Å². The number of Topliss-reactive ketones (excluding diaryl/α,β-unsaturated/α-hetero) is 1. The zero-order valence-corrected chi connectivity index (χ0v) is 21.8. The highest BCUT2D eigenvalue weighted by atomic mass is 32.1. The zero-order chi connectivity index (χ0) is 23.9. The number of carbonyl (C=O) groups is 1. The lowest BCUT2D eigenvalue weighted by atomic mass is 9.57. The highest BCUT2D eigenvalue weighted by Gasteiger charge is 2.53. The van der Waals surface area contributed by atoms with Crippen molar-refractivity contribution in [1.82, 2.24) is 24.5 Å². The molecule has 2 aliphatic rings. The number of aromatic amines is 1. The Kier molecular flexibility index (Phi) is 4.84. The number of hydrogen-bond donors (Lipinski definition) is 1. The molecule has 4 aromatic heterocycles. The minimum absolute atomic E-state index is 0.277. The second-order valence-electron chi connectivity index (χ2n) is 11.1.